The summed E-state index contributed by atoms with van der Waals surface area (Å²) in [5, 5.41) is 0. The molecule has 0 amide bonds. The summed E-state index contributed by atoms with van der Waals surface area (Å²) in [6.45, 7) is 67.3. The molecule has 10 saturated carbocycles. The predicted molar refractivity (Wildman–Crippen MR) is 343 cm³/mol. The van der Waals surface area contributed by atoms with E-state index in [1.807, 2.05) is 0 Å². The Kier molecular flexibility index (Phi) is 20.5. The second kappa shape index (κ2) is 23.8. The fraction of sp³-hybridized carbons (Fsp3) is 1.00. The van der Waals surface area contributed by atoms with Crippen molar-refractivity contribution in [3.05, 3.63) is 0 Å². The van der Waals surface area contributed by atoms with Crippen LogP contribution in [-0.4, -0.2) is 0 Å². The molecule has 0 N–H and O–H groups in total. The van der Waals surface area contributed by atoms with Crippen molar-refractivity contribution in [3.63, 3.8) is 0 Å². The van der Waals surface area contributed by atoms with Gasteiger partial charge < -0.3 is 0 Å². The normalized spacial score (nSPS) is 51.7. The van der Waals surface area contributed by atoms with Crippen LogP contribution in [0.15, 0.2) is 0 Å². The highest BCUT2D eigenvalue weighted by Gasteiger charge is 2.58. The van der Waals surface area contributed by atoms with Gasteiger partial charge in [-0.1, -0.05) is 187 Å². The molecule has 0 nitrogen and oxygen atoms in total. The van der Waals surface area contributed by atoms with E-state index in [4.69, 9.17) is 0 Å². The van der Waals surface area contributed by atoms with E-state index < -0.39 is 0 Å². The van der Waals surface area contributed by atoms with Gasteiger partial charge in [-0.25, -0.2) is 0 Å². The van der Waals surface area contributed by atoms with Gasteiger partial charge in [-0.3, -0.25) is 0 Å². The van der Waals surface area contributed by atoms with Crippen molar-refractivity contribution in [1.29, 1.82) is 0 Å². The monoisotopic (exact) mass is 1070 g/mol. The molecule has 0 heterocycles. The van der Waals surface area contributed by atoms with Crippen molar-refractivity contribution in [2.75, 3.05) is 0 Å². The molecule has 0 aromatic carbocycles. The summed E-state index contributed by atoms with van der Waals surface area (Å²) in [5.74, 6) is 15.8. The van der Waals surface area contributed by atoms with E-state index in [2.05, 4.69) is 187 Å². The molecule has 77 heavy (non-hydrogen) atoms. The third-order valence-electron chi connectivity index (χ3n) is 26.0. The Morgan fingerprint density at radius 3 is 0.623 bits per heavy atom. The summed E-state index contributed by atoms with van der Waals surface area (Å²) in [6.07, 6.45) is 34.0. The average molecular weight is 1070 g/mol. The van der Waals surface area contributed by atoms with E-state index >= 15 is 0 Å². The van der Waals surface area contributed by atoms with E-state index in [0.29, 0.717) is 54.1 Å². The van der Waals surface area contributed by atoms with Crippen LogP contribution in [0, 0.1) is 155 Å². The van der Waals surface area contributed by atoms with Crippen LogP contribution >= 0.6 is 0 Å². The molecule has 0 radical (unpaired) electrons. The first kappa shape index (κ1) is 66.1. The van der Waals surface area contributed by atoms with Crippen LogP contribution in [0.1, 0.15) is 335 Å². The summed E-state index contributed by atoms with van der Waals surface area (Å²) in [6, 6.07) is 0. The van der Waals surface area contributed by atoms with Gasteiger partial charge in [-0.15, -0.1) is 0 Å². The lowest BCUT2D eigenvalue weighted by Crippen LogP contribution is -2.53. The summed E-state index contributed by atoms with van der Waals surface area (Å²) >= 11 is 0. The molecule has 10 aliphatic carbocycles. The van der Waals surface area contributed by atoms with Crippen molar-refractivity contribution in [2.45, 2.75) is 335 Å². The third-order valence-corrected chi connectivity index (χ3v) is 26.0. The second-order valence-corrected chi connectivity index (χ2v) is 39.1. The standard InChI is InChI=1S/2C16H30.3C15H28/c2*1-11(2)14-15(5)7-12(3)8-16(14,6)10-13(4)9-15;1-11(2)15-8-12(3)6-14(5,10-15)7-13(4)9-15;2*1-11(2)13-8-14(4)6-12(3)7-15(5,9-13)10-14/h2*11-14H,7-10H2,1-6H3;3*11-13H,6-10H2,1-5H3. The van der Waals surface area contributed by atoms with Crippen LogP contribution in [0.4, 0.5) is 0 Å². The quantitative estimate of drug-likeness (QED) is 0.257. The maximum absolute atomic E-state index is 2.58. The zero-order valence-electron chi connectivity index (χ0n) is 58.1. The largest absolute Gasteiger partial charge is 0.0625 e. The predicted octanol–water partition coefficient (Wildman–Crippen LogP) is 24.9. The lowest BCUT2D eigenvalue weighted by atomic mass is 9.43. The number of fused-ring (bicyclic) bond motifs is 10. The zero-order valence-corrected chi connectivity index (χ0v) is 58.1. The molecule has 10 fully saturated rings. The first-order valence-electron chi connectivity index (χ1n) is 35.0. The van der Waals surface area contributed by atoms with Gasteiger partial charge in [-0.2, -0.15) is 0 Å². The molecule has 0 aromatic rings. The van der Waals surface area contributed by atoms with Crippen molar-refractivity contribution in [1.82, 2.24) is 0 Å². The van der Waals surface area contributed by atoms with Gasteiger partial charge in [0.15, 0.2) is 0 Å². The lowest BCUT2D eigenvalue weighted by Gasteiger charge is -2.61. The molecule has 10 aliphatic rings. The van der Waals surface area contributed by atoms with Crippen molar-refractivity contribution < 1.29 is 0 Å². The van der Waals surface area contributed by atoms with Gasteiger partial charge in [0.1, 0.15) is 0 Å². The fourth-order valence-electron chi connectivity index (χ4n) is 28.2. The highest BCUT2D eigenvalue weighted by Crippen LogP contribution is 2.67. The van der Waals surface area contributed by atoms with Crippen LogP contribution in [0.25, 0.3) is 0 Å². The van der Waals surface area contributed by atoms with E-state index in [1.54, 1.807) is 0 Å². The van der Waals surface area contributed by atoms with Crippen LogP contribution in [0.2, 0.25) is 0 Å². The third kappa shape index (κ3) is 15.5. The van der Waals surface area contributed by atoms with Crippen LogP contribution < -0.4 is 0 Å². The van der Waals surface area contributed by atoms with E-state index in [-0.39, 0.29) is 0 Å². The van der Waals surface area contributed by atoms with Gasteiger partial charge >= 0.3 is 0 Å². The maximum Gasteiger partial charge on any atom is -0.0264 e. The van der Waals surface area contributed by atoms with Gasteiger partial charge in [0, 0.05) is 0 Å². The van der Waals surface area contributed by atoms with E-state index in [1.165, 1.54) is 148 Å². The van der Waals surface area contributed by atoms with E-state index in [0.717, 1.165) is 101 Å². The molecule has 6 atom stereocenters. The molecular weight excluding hydrogens is 925 g/mol. The van der Waals surface area contributed by atoms with Crippen molar-refractivity contribution >= 4 is 0 Å². The Morgan fingerprint density at radius 1 is 0.234 bits per heavy atom. The van der Waals surface area contributed by atoms with Crippen molar-refractivity contribution in [2.24, 2.45) is 155 Å². The molecule has 0 heteroatoms. The van der Waals surface area contributed by atoms with E-state index in [9.17, 15) is 0 Å². The summed E-state index contributed by atoms with van der Waals surface area (Å²) < 4.78 is 0. The maximum atomic E-state index is 2.58. The number of hydrogen-bond donors (Lipinski definition) is 0. The first-order valence-corrected chi connectivity index (χ1v) is 35.0. The molecule has 6 unspecified atom stereocenters. The minimum atomic E-state index is 0.623. The smallest absolute Gasteiger partial charge is 0.0264 e. The highest BCUT2D eigenvalue weighted by atomic mass is 14.6. The average Bonchev–Trinajstić information content (AvgIpc) is 3.15. The van der Waals surface area contributed by atoms with Gasteiger partial charge in [-0.05, 0) is 302 Å². The Labute approximate surface area is 486 Å². The topological polar surface area (TPSA) is 0 Å². The lowest BCUT2D eigenvalue weighted by molar-refractivity contribution is -0.121. The van der Waals surface area contributed by atoms with Crippen LogP contribution in [0.3, 0.4) is 0 Å². The second-order valence-electron chi connectivity index (χ2n) is 39.1. The SMILES string of the molecule is CC1CC2(C)CC(C(C)C)CC(C)(C1)C2.CC1CC2(C)CC(C(C)C)CC(C)(C1)C2.CC1CC2(C)CC(C)CC(C(C)C)(C1)C2.CC1CC2(C)CC(C)CC(C)(C1)C2C(C)C.CC1CC2(C)CC(C)CC(C)(C1)C2C(C)C. The fourth-order valence-corrected chi connectivity index (χ4v) is 28.2. The molecule has 10 bridgehead atoms. The molecule has 0 saturated heterocycles. The molecule has 0 aromatic heterocycles. The molecule has 10 rings (SSSR count). The first-order chi connectivity index (χ1) is 35.0. The van der Waals surface area contributed by atoms with Crippen LogP contribution in [-0.2, 0) is 0 Å². The minimum Gasteiger partial charge on any atom is -0.0625 e. The Hall–Kier alpha value is 0. The molecule has 0 aliphatic heterocycles. The Bertz CT molecular complexity index is 1630. The number of rotatable bonds is 5. The summed E-state index contributed by atoms with van der Waals surface area (Å²) in [5.41, 5.74) is 6.51. The molecule has 452 valence electrons. The zero-order chi connectivity index (χ0) is 58.1. The minimum absolute atomic E-state index is 0.623. The summed E-state index contributed by atoms with van der Waals surface area (Å²) in [7, 11) is 0. The summed E-state index contributed by atoms with van der Waals surface area (Å²) in [4.78, 5) is 0. The Balaban J connectivity index is 0.000000156. The molecular formula is C77H144. The number of hydrogen-bond acceptors (Lipinski definition) is 0. The van der Waals surface area contributed by atoms with Gasteiger partial charge in [0.25, 0.3) is 0 Å². The van der Waals surface area contributed by atoms with Crippen LogP contribution in [0.5, 0.6) is 0 Å². The van der Waals surface area contributed by atoms with Gasteiger partial charge in [0.05, 0.1) is 0 Å². The van der Waals surface area contributed by atoms with Gasteiger partial charge in [0.2, 0.25) is 0 Å². The Morgan fingerprint density at radius 2 is 0.429 bits per heavy atom. The molecule has 0 spiro atoms. The van der Waals surface area contributed by atoms with Crippen molar-refractivity contribution in [3.8, 4) is 0 Å². The highest BCUT2D eigenvalue weighted by molar-refractivity contribution is 5.08.